The average Bonchev–Trinajstić information content (AvgIpc) is 3.57. The Bertz CT molecular complexity index is 2020. The first-order chi connectivity index (χ1) is 20.3. The van der Waals surface area contributed by atoms with E-state index in [1.165, 1.54) is 0 Å². The van der Waals surface area contributed by atoms with E-state index in [2.05, 4.69) is 24.9 Å². The first-order valence-corrected chi connectivity index (χ1v) is 14.2. The van der Waals surface area contributed by atoms with Crippen molar-refractivity contribution in [3.8, 4) is 39.6 Å². The number of nitrogens with one attached hydrogen (secondary N) is 1. The van der Waals surface area contributed by atoms with Crippen LogP contribution in [0, 0.1) is 5.41 Å². The van der Waals surface area contributed by atoms with Crippen molar-refractivity contribution >= 4 is 39.3 Å². The fraction of sp³-hybridized carbons (Fsp3) is 0.206. The molecule has 3 heterocycles. The SMILES string of the molecule is COc1ccc(OC)c(-c2c3c(nc4c2c(-c2c[nH]c5ccccc25)nn4-c2ccc(Cl)cc2)CC(C)(C)CC3=O)c1. The number of benzene rings is 3. The predicted octanol–water partition coefficient (Wildman–Crippen LogP) is 8.06. The van der Waals surface area contributed by atoms with Crippen LogP contribution in [-0.4, -0.2) is 39.8 Å². The number of rotatable bonds is 5. The number of hydrogen-bond donors (Lipinski definition) is 1. The second-order valence-corrected chi connectivity index (χ2v) is 11.9. The molecule has 0 saturated heterocycles. The van der Waals surface area contributed by atoms with Crippen molar-refractivity contribution in [2.45, 2.75) is 26.7 Å². The fourth-order valence-electron chi connectivity index (χ4n) is 6.16. The largest absolute Gasteiger partial charge is 0.497 e. The quantitative estimate of drug-likeness (QED) is 0.224. The number of aromatic amines is 1. The predicted molar refractivity (Wildman–Crippen MR) is 166 cm³/mol. The molecule has 0 unspecified atom stereocenters. The summed E-state index contributed by atoms with van der Waals surface area (Å²) in [5.74, 6) is 1.35. The van der Waals surface area contributed by atoms with E-state index in [9.17, 15) is 4.79 Å². The molecular weight excluding hydrogens is 548 g/mol. The highest BCUT2D eigenvalue weighted by molar-refractivity contribution is 6.30. The van der Waals surface area contributed by atoms with Gasteiger partial charge in [-0.1, -0.05) is 43.6 Å². The molecule has 42 heavy (non-hydrogen) atoms. The lowest BCUT2D eigenvalue weighted by Crippen LogP contribution is -2.28. The van der Waals surface area contributed by atoms with Gasteiger partial charge in [0.05, 0.1) is 31.0 Å². The van der Waals surface area contributed by atoms with Gasteiger partial charge in [0.1, 0.15) is 17.2 Å². The van der Waals surface area contributed by atoms with Gasteiger partial charge in [0.2, 0.25) is 0 Å². The van der Waals surface area contributed by atoms with Crippen LogP contribution >= 0.6 is 11.6 Å². The molecule has 0 radical (unpaired) electrons. The summed E-state index contributed by atoms with van der Waals surface area (Å²) < 4.78 is 13.4. The molecule has 1 aliphatic rings. The summed E-state index contributed by atoms with van der Waals surface area (Å²) in [4.78, 5) is 22.7. The Morgan fingerprint density at radius 2 is 1.71 bits per heavy atom. The Balaban J connectivity index is 1.69. The minimum atomic E-state index is -0.231. The third kappa shape index (κ3) is 4.15. The summed E-state index contributed by atoms with van der Waals surface area (Å²) in [6.45, 7) is 4.22. The summed E-state index contributed by atoms with van der Waals surface area (Å²) in [7, 11) is 3.27. The summed E-state index contributed by atoms with van der Waals surface area (Å²) in [5.41, 5.74) is 6.74. The highest BCUT2D eigenvalue weighted by Crippen LogP contribution is 2.48. The maximum atomic E-state index is 14.1. The van der Waals surface area contributed by atoms with Crippen LogP contribution in [-0.2, 0) is 6.42 Å². The molecule has 6 aromatic rings. The third-order valence-electron chi connectivity index (χ3n) is 8.05. The van der Waals surface area contributed by atoms with Gasteiger partial charge < -0.3 is 14.5 Å². The van der Waals surface area contributed by atoms with Gasteiger partial charge in [-0.3, -0.25) is 4.79 Å². The van der Waals surface area contributed by atoms with Crippen molar-refractivity contribution in [2.24, 2.45) is 5.41 Å². The number of fused-ring (bicyclic) bond motifs is 3. The first-order valence-electron chi connectivity index (χ1n) is 13.8. The second kappa shape index (κ2) is 9.74. The van der Waals surface area contributed by atoms with Crippen LogP contribution < -0.4 is 9.47 Å². The topological polar surface area (TPSA) is 82.0 Å². The number of carbonyl (C=O) groups is 1. The Morgan fingerprint density at radius 1 is 0.929 bits per heavy atom. The number of pyridine rings is 1. The van der Waals surface area contributed by atoms with Gasteiger partial charge in [-0.05, 0) is 60.4 Å². The number of ether oxygens (including phenoxy) is 2. The smallest absolute Gasteiger partial charge is 0.165 e. The lowest BCUT2D eigenvalue weighted by molar-refractivity contribution is 0.0911. The van der Waals surface area contributed by atoms with Crippen LogP contribution in [0.5, 0.6) is 11.5 Å². The zero-order valence-corrected chi connectivity index (χ0v) is 24.5. The summed E-state index contributed by atoms with van der Waals surface area (Å²) >= 11 is 6.27. The van der Waals surface area contributed by atoms with Crippen LogP contribution in [0.25, 0.3) is 50.0 Å². The van der Waals surface area contributed by atoms with Crippen LogP contribution in [0.1, 0.15) is 36.3 Å². The van der Waals surface area contributed by atoms with Crippen LogP contribution in [0.15, 0.2) is 72.9 Å². The molecular formula is C34H29ClN4O3. The summed E-state index contributed by atoms with van der Waals surface area (Å²) in [5, 5.41) is 7.63. The van der Waals surface area contributed by atoms with Crippen molar-refractivity contribution in [2.75, 3.05) is 14.2 Å². The van der Waals surface area contributed by atoms with Gasteiger partial charge in [-0.15, -0.1) is 0 Å². The van der Waals surface area contributed by atoms with E-state index < -0.39 is 0 Å². The minimum absolute atomic E-state index is 0.0552. The van der Waals surface area contributed by atoms with E-state index in [4.69, 9.17) is 31.2 Å². The number of halogens is 1. The van der Waals surface area contributed by atoms with E-state index >= 15 is 0 Å². The van der Waals surface area contributed by atoms with Crippen molar-refractivity contribution < 1.29 is 14.3 Å². The zero-order valence-electron chi connectivity index (χ0n) is 23.8. The maximum absolute atomic E-state index is 14.1. The molecule has 1 aliphatic carbocycles. The molecule has 0 spiro atoms. The average molecular weight is 577 g/mol. The lowest BCUT2D eigenvalue weighted by atomic mass is 9.73. The number of aromatic nitrogens is 4. The maximum Gasteiger partial charge on any atom is 0.165 e. The van der Waals surface area contributed by atoms with E-state index in [-0.39, 0.29) is 11.2 Å². The Hall–Kier alpha value is -4.62. The molecule has 0 saturated carbocycles. The molecule has 8 heteroatoms. The van der Waals surface area contributed by atoms with Crippen molar-refractivity contribution in [1.29, 1.82) is 0 Å². The molecule has 3 aromatic carbocycles. The summed E-state index contributed by atoms with van der Waals surface area (Å²) in [6.07, 6.45) is 3.04. The Labute approximate surface area is 248 Å². The number of nitrogens with zero attached hydrogens (tertiary/aromatic N) is 3. The van der Waals surface area contributed by atoms with Crippen LogP contribution in [0.4, 0.5) is 0 Å². The van der Waals surface area contributed by atoms with Gasteiger partial charge in [-0.2, -0.15) is 5.10 Å². The van der Waals surface area contributed by atoms with E-state index in [0.717, 1.165) is 44.4 Å². The van der Waals surface area contributed by atoms with Crippen LogP contribution in [0.3, 0.4) is 0 Å². The minimum Gasteiger partial charge on any atom is -0.497 e. The molecule has 0 atom stereocenters. The van der Waals surface area contributed by atoms with Gasteiger partial charge in [0.25, 0.3) is 0 Å². The van der Waals surface area contributed by atoms with E-state index in [1.807, 2.05) is 71.5 Å². The van der Waals surface area contributed by atoms with E-state index in [1.54, 1.807) is 14.2 Å². The molecule has 210 valence electrons. The van der Waals surface area contributed by atoms with Gasteiger partial charge in [-0.25, -0.2) is 9.67 Å². The zero-order chi connectivity index (χ0) is 29.2. The van der Waals surface area contributed by atoms with Gasteiger partial charge in [0, 0.05) is 50.8 Å². The third-order valence-corrected chi connectivity index (χ3v) is 8.30. The molecule has 1 N–H and O–H groups in total. The number of carbonyl (C=O) groups excluding carboxylic acids is 1. The van der Waals surface area contributed by atoms with Crippen molar-refractivity contribution in [3.05, 3.63) is 89.2 Å². The molecule has 0 amide bonds. The normalized spacial score (nSPS) is 14.4. The first kappa shape index (κ1) is 26.3. The number of H-pyrrole nitrogens is 1. The number of ketones is 1. The monoisotopic (exact) mass is 576 g/mol. The van der Waals surface area contributed by atoms with E-state index in [0.29, 0.717) is 46.3 Å². The second-order valence-electron chi connectivity index (χ2n) is 11.5. The number of para-hydroxylation sites is 1. The Kier molecular flexibility index (Phi) is 6.10. The fourth-order valence-corrected chi connectivity index (χ4v) is 6.29. The molecule has 7 rings (SSSR count). The number of Topliss-reactive ketones (excluding diaryl/α,β-unsaturated/α-hetero) is 1. The Morgan fingerprint density at radius 3 is 2.48 bits per heavy atom. The van der Waals surface area contributed by atoms with Crippen molar-refractivity contribution in [1.82, 2.24) is 19.7 Å². The van der Waals surface area contributed by atoms with Crippen LogP contribution in [0.2, 0.25) is 5.02 Å². The highest BCUT2D eigenvalue weighted by atomic mass is 35.5. The molecule has 0 fully saturated rings. The summed E-state index contributed by atoms with van der Waals surface area (Å²) in [6, 6.07) is 21.3. The van der Waals surface area contributed by atoms with Crippen molar-refractivity contribution in [3.63, 3.8) is 0 Å². The van der Waals surface area contributed by atoms with Gasteiger partial charge in [0.15, 0.2) is 11.4 Å². The molecule has 0 aliphatic heterocycles. The highest BCUT2D eigenvalue weighted by Gasteiger charge is 2.37. The number of methoxy groups -OCH3 is 2. The van der Waals surface area contributed by atoms with Gasteiger partial charge >= 0.3 is 0 Å². The number of hydrogen-bond acceptors (Lipinski definition) is 5. The molecule has 7 nitrogen and oxygen atoms in total. The standard InChI is InChI=1S/C34H29ClN4O3/c1-34(2)16-26-30(27(40)17-34)29(23-15-21(41-3)13-14-28(23)42-4)31-32(24-18-36-25-8-6-5-7-22(24)25)38-39(33(31)37-26)20-11-9-19(35)10-12-20/h5-15,18,36H,16-17H2,1-4H3. The molecule has 0 bridgehead atoms. The molecule has 3 aromatic heterocycles. The lowest BCUT2D eigenvalue weighted by Gasteiger charge is -2.31.